The molecule has 0 spiro atoms. The molecular formula is C18H21N3O4. The fraction of sp³-hybridized carbons (Fsp3) is 0.333. The van der Waals surface area contributed by atoms with E-state index >= 15 is 0 Å². The quantitative estimate of drug-likeness (QED) is 0.859. The molecule has 2 heterocycles. The summed E-state index contributed by atoms with van der Waals surface area (Å²) in [6, 6.07) is 9.08. The number of morpholine rings is 1. The van der Waals surface area contributed by atoms with E-state index in [2.05, 4.69) is 10.2 Å². The van der Waals surface area contributed by atoms with Crippen LogP contribution in [0, 0.1) is 0 Å². The van der Waals surface area contributed by atoms with E-state index in [1.807, 2.05) is 18.2 Å². The van der Waals surface area contributed by atoms with E-state index in [1.54, 1.807) is 29.9 Å². The Bertz CT molecular complexity index is 778. The minimum absolute atomic E-state index is 0.218. The lowest BCUT2D eigenvalue weighted by Gasteiger charge is -2.30. The zero-order valence-electron chi connectivity index (χ0n) is 14.3. The standard InChI is InChI=1S/C18H21N3O4/c1-20-12-13(11-16(20)18(23)24-2)19-17(22)14-5-3-4-6-15(14)21-7-9-25-10-8-21/h3-6,11-12H,7-10H2,1-2H3,(H,19,22). The Hall–Kier alpha value is -2.80. The predicted molar refractivity (Wildman–Crippen MR) is 94.2 cm³/mol. The number of benzene rings is 1. The van der Waals surface area contributed by atoms with Crippen LogP contribution in [0.15, 0.2) is 36.5 Å². The number of esters is 1. The lowest BCUT2D eigenvalue weighted by molar-refractivity contribution is 0.0589. The van der Waals surface area contributed by atoms with Gasteiger partial charge in [-0.15, -0.1) is 0 Å². The van der Waals surface area contributed by atoms with Crippen LogP contribution in [0.4, 0.5) is 11.4 Å². The number of nitrogens with zero attached hydrogens (tertiary/aromatic N) is 2. The first-order valence-electron chi connectivity index (χ1n) is 8.08. The number of hydrogen-bond donors (Lipinski definition) is 1. The Labute approximate surface area is 146 Å². The number of carbonyl (C=O) groups excluding carboxylic acids is 2. The van der Waals surface area contributed by atoms with Crippen LogP contribution in [0.1, 0.15) is 20.8 Å². The summed E-state index contributed by atoms with van der Waals surface area (Å²) >= 11 is 0. The monoisotopic (exact) mass is 343 g/mol. The summed E-state index contributed by atoms with van der Waals surface area (Å²) in [5, 5.41) is 2.85. The molecule has 0 aliphatic carbocycles. The van der Waals surface area contributed by atoms with Crippen LogP contribution in [0.5, 0.6) is 0 Å². The van der Waals surface area contributed by atoms with Crippen LogP contribution in [-0.4, -0.2) is 49.9 Å². The number of nitrogens with one attached hydrogen (secondary N) is 1. The molecule has 1 saturated heterocycles. The topological polar surface area (TPSA) is 72.8 Å². The number of amides is 1. The third kappa shape index (κ3) is 3.66. The van der Waals surface area contributed by atoms with E-state index < -0.39 is 5.97 Å². The highest BCUT2D eigenvalue weighted by Gasteiger charge is 2.19. The van der Waals surface area contributed by atoms with Crippen LogP contribution >= 0.6 is 0 Å². The highest BCUT2D eigenvalue weighted by molar-refractivity contribution is 6.08. The number of carbonyl (C=O) groups is 2. The summed E-state index contributed by atoms with van der Waals surface area (Å²) < 4.78 is 11.7. The molecule has 2 aromatic rings. The lowest BCUT2D eigenvalue weighted by atomic mass is 10.1. The third-order valence-corrected chi connectivity index (χ3v) is 4.16. The van der Waals surface area contributed by atoms with Gasteiger partial charge in [0, 0.05) is 32.0 Å². The van der Waals surface area contributed by atoms with Gasteiger partial charge in [0.15, 0.2) is 0 Å². The summed E-state index contributed by atoms with van der Waals surface area (Å²) in [7, 11) is 3.05. The Morgan fingerprint density at radius 1 is 1.20 bits per heavy atom. The number of aryl methyl sites for hydroxylation is 1. The molecule has 1 aliphatic heterocycles. The van der Waals surface area contributed by atoms with Gasteiger partial charge in [0.05, 0.1) is 31.6 Å². The van der Waals surface area contributed by atoms with Gasteiger partial charge in [-0.3, -0.25) is 4.79 Å². The molecule has 25 heavy (non-hydrogen) atoms. The summed E-state index contributed by atoms with van der Waals surface area (Å²) in [6.07, 6.45) is 1.68. The van der Waals surface area contributed by atoms with E-state index in [-0.39, 0.29) is 5.91 Å². The van der Waals surface area contributed by atoms with Gasteiger partial charge in [-0.05, 0) is 18.2 Å². The summed E-state index contributed by atoms with van der Waals surface area (Å²) in [5.41, 5.74) is 2.39. The average molecular weight is 343 g/mol. The number of anilines is 2. The van der Waals surface area contributed by atoms with Crippen molar-refractivity contribution in [3.8, 4) is 0 Å². The molecule has 1 aliphatic rings. The Morgan fingerprint density at radius 3 is 2.64 bits per heavy atom. The van der Waals surface area contributed by atoms with Gasteiger partial charge in [0.25, 0.3) is 5.91 Å². The number of ether oxygens (including phenoxy) is 2. The summed E-state index contributed by atoms with van der Waals surface area (Å²) in [4.78, 5) is 26.6. The van der Waals surface area contributed by atoms with Crippen LogP contribution in [0.3, 0.4) is 0 Å². The van der Waals surface area contributed by atoms with Crippen molar-refractivity contribution in [1.82, 2.24) is 4.57 Å². The second-order valence-electron chi connectivity index (χ2n) is 5.79. The SMILES string of the molecule is COC(=O)c1cc(NC(=O)c2ccccc2N2CCOCC2)cn1C. The van der Waals surface area contributed by atoms with Crippen molar-refractivity contribution < 1.29 is 19.1 Å². The van der Waals surface area contributed by atoms with Crippen molar-refractivity contribution >= 4 is 23.3 Å². The fourth-order valence-electron chi connectivity index (χ4n) is 2.88. The number of methoxy groups -OCH3 is 1. The Balaban J connectivity index is 1.81. The van der Waals surface area contributed by atoms with E-state index in [0.29, 0.717) is 30.2 Å². The molecule has 1 amide bonds. The fourth-order valence-corrected chi connectivity index (χ4v) is 2.88. The number of hydrogen-bond acceptors (Lipinski definition) is 5. The molecule has 7 heteroatoms. The van der Waals surface area contributed by atoms with Gasteiger partial charge >= 0.3 is 5.97 Å². The lowest BCUT2D eigenvalue weighted by Crippen LogP contribution is -2.37. The number of para-hydroxylation sites is 1. The third-order valence-electron chi connectivity index (χ3n) is 4.16. The maximum atomic E-state index is 12.7. The molecule has 1 fully saturated rings. The van der Waals surface area contributed by atoms with Gasteiger partial charge in [0.1, 0.15) is 5.69 Å². The highest BCUT2D eigenvalue weighted by atomic mass is 16.5. The number of aromatic nitrogens is 1. The van der Waals surface area contributed by atoms with Crippen molar-refractivity contribution in [1.29, 1.82) is 0 Å². The first-order valence-corrected chi connectivity index (χ1v) is 8.08. The van der Waals surface area contributed by atoms with Gasteiger partial charge in [-0.25, -0.2) is 4.79 Å². The molecule has 132 valence electrons. The first kappa shape index (κ1) is 17.0. The zero-order valence-corrected chi connectivity index (χ0v) is 14.3. The Morgan fingerprint density at radius 2 is 1.92 bits per heavy atom. The van der Waals surface area contributed by atoms with Crippen LogP contribution in [0.25, 0.3) is 0 Å². The van der Waals surface area contributed by atoms with Crippen molar-refractivity contribution in [3.05, 3.63) is 47.8 Å². The molecule has 0 radical (unpaired) electrons. The molecule has 0 unspecified atom stereocenters. The highest BCUT2D eigenvalue weighted by Crippen LogP contribution is 2.23. The average Bonchev–Trinajstić information content (AvgIpc) is 3.02. The van der Waals surface area contributed by atoms with Gasteiger partial charge in [-0.2, -0.15) is 0 Å². The molecular weight excluding hydrogens is 322 g/mol. The van der Waals surface area contributed by atoms with E-state index in [9.17, 15) is 9.59 Å². The second kappa shape index (κ2) is 7.40. The normalized spacial score (nSPS) is 14.2. The zero-order chi connectivity index (χ0) is 17.8. The smallest absolute Gasteiger partial charge is 0.354 e. The maximum absolute atomic E-state index is 12.7. The van der Waals surface area contributed by atoms with Gasteiger partial charge in [0.2, 0.25) is 0 Å². The van der Waals surface area contributed by atoms with Crippen molar-refractivity contribution in [3.63, 3.8) is 0 Å². The van der Waals surface area contributed by atoms with Crippen molar-refractivity contribution in [2.45, 2.75) is 0 Å². The van der Waals surface area contributed by atoms with Crippen LogP contribution < -0.4 is 10.2 Å². The van der Waals surface area contributed by atoms with E-state index in [4.69, 9.17) is 9.47 Å². The van der Waals surface area contributed by atoms with E-state index in [1.165, 1.54) is 7.11 Å². The Kier molecular flexibility index (Phi) is 5.04. The summed E-state index contributed by atoms with van der Waals surface area (Å²) in [6.45, 7) is 2.80. The molecule has 1 aromatic carbocycles. The van der Waals surface area contributed by atoms with Crippen LogP contribution in [0.2, 0.25) is 0 Å². The van der Waals surface area contributed by atoms with E-state index in [0.717, 1.165) is 18.8 Å². The predicted octanol–water partition coefficient (Wildman–Crippen LogP) is 1.90. The summed E-state index contributed by atoms with van der Waals surface area (Å²) in [5.74, 6) is -0.666. The minimum Gasteiger partial charge on any atom is -0.464 e. The molecule has 0 atom stereocenters. The first-order chi connectivity index (χ1) is 12.1. The number of rotatable bonds is 4. The second-order valence-corrected chi connectivity index (χ2v) is 5.79. The van der Waals surface area contributed by atoms with Crippen LogP contribution in [-0.2, 0) is 16.5 Å². The van der Waals surface area contributed by atoms with Crippen molar-refractivity contribution in [2.75, 3.05) is 43.6 Å². The molecule has 0 saturated carbocycles. The molecule has 3 rings (SSSR count). The molecule has 1 N–H and O–H groups in total. The molecule has 1 aromatic heterocycles. The maximum Gasteiger partial charge on any atom is 0.354 e. The minimum atomic E-state index is -0.447. The molecule has 7 nitrogen and oxygen atoms in total. The van der Waals surface area contributed by atoms with Crippen molar-refractivity contribution in [2.24, 2.45) is 7.05 Å². The molecule has 0 bridgehead atoms. The van der Waals surface area contributed by atoms with Gasteiger partial charge < -0.3 is 24.3 Å². The van der Waals surface area contributed by atoms with Gasteiger partial charge in [-0.1, -0.05) is 12.1 Å². The largest absolute Gasteiger partial charge is 0.464 e.